The molecule has 34 heavy (non-hydrogen) atoms. The van der Waals surface area contributed by atoms with E-state index < -0.39 is 6.04 Å². The number of nitrogens with zero attached hydrogens (tertiary/aromatic N) is 1. The Morgan fingerprint density at radius 2 is 1.44 bits per heavy atom. The Kier molecular flexibility index (Phi) is 9.99. The summed E-state index contributed by atoms with van der Waals surface area (Å²) < 4.78 is 0. The molecule has 0 spiro atoms. The molecule has 4 nitrogen and oxygen atoms in total. The molecule has 0 aromatic heterocycles. The lowest BCUT2D eigenvalue weighted by atomic mass is 10.0. The molecule has 3 aromatic carbocycles. The topological polar surface area (TPSA) is 49.4 Å². The van der Waals surface area contributed by atoms with Gasteiger partial charge in [-0.25, -0.2) is 0 Å². The molecule has 3 aromatic rings. The summed E-state index contributed by atoms with van der Waals surface area (Å²) in [6, 6.07) is 23.7. The quantitative estimate of drug-likeness (QED) is 0.326. The normalized spacial score (nSPS) is 11.6. The average molecular weight is 497 g/mol. The second-order valence-electron chi connectivity index (χ2n) is 8.23. The molecule has 0 aliphatic rings. The van der Waals surface area contributed by atoms with Gasteiger partial charge in [0.15, 0.2) is 0 Å². The maximum Gasteiger partial charge on any atom is 0.243 e. The predicted octanol–water partition coefficient (Wildman–Crippen LogP) is 6.09. The molecule has 0 saturated carbocycles. The second kappa shape index (κ2) is 13.2. The van der Waals surface area contributed by atoms with Gasteiger partial charge < -0.3 is 10.2 Å². The van der Waals surface area contributed by atoms with Crippen LogP contribution in [0.5, 0.6) is 0 Å². The standard InChI is InChI=1S/C28H30Cl2N2O2/c1-2-3-17-31-28(34)26(18-21-11-5-4-6-12-21)32(20-23-14-8-10-16-25(23)30)27(33)19-22-13-7-9-15-24(22)29/h4-16,26H,2-3,17-20H2,1H3,(H,31,34). The number of nitrogens with one attached hydrogen (secondary N) is 1. The molecule has 178 valence electrons. The van der Waals surface area contributed by atoms with Crippen LogP contribution in [0.4, 0.5) is 0 Å². The highest BCUT2D eigenvalue weighted by molar-refractivity contribution is 6.31. The Hall–Kier alpha value is -2.82. The summed E-state index contributed by atoms with van der Waals surface area (Å²) in [6.07, 6.45) is 2.34. The Morgan fingerprint density at radius 1 is 0.853 bits per heavy atom. The van der Waals surface area contributed by atoms with E-state index in [-0.39, 0.29) is 24.8 Å². The Morgan fingerprint density at radius 3 is 2.06 bits per heavy atom. The molecule has 1 N–H and O–H groups in total. The molecule has 1 unspecified atom stereocenters. The van der Waals surface area contributed by atoms with E-state index in [1.54, 1.807) is 17.0 Å². The third-order valence-corrected chi connectivity index (χ3v) is 6.44. The maximum atomic E-state index is 13.7. The molecular weight excluding hydrogens is 467 g/mol. The van der Waals surface area contributed by atoms with Crippen molar-refractivity contribution in [1.29, 1.82) is 0 Å². The lowest BCUT2D eigenvalue weighted by Gasteiger charge is -2.32. The van der Waals surface area contributed by atoms with Crippen LogP contribution >= 0.6 is 23.2 Å². The highest BCUT2D eigenvalue weighted by Crippen LogP contribution is 2.23. The van der Waals surface area contributed by atoms with Crippen molar-refractivity contribution in [2.24, 2.45) is 0 Å². The lowest BCUT2D eigenvalue weighted by Crippen LogP contribution is -2.51. The van der Waals surface area contributed by atoms with Crippen LogP contribution in [0.1, 0.15) is 36.5 Å². The monoisotopic (exact) mass is 496 g/mol. The van der Waals surface area contributed by atoms with Crippen LogP contribution in [-0.4, -0.2) is 29.3 Å². The number of amides is 2. The van der Waals surface area contributed by atoms with Crippen molar-refractivity contribution in [2.75, 3.05) is 6.54 Å². The fourth-order valence-electron chi connectivity index (χ4n) is 3.78. The fourth-order valence-corrected chi connectivity index (χ4v) is 4.17. The number of benzene rings is 3. The van der Waals surface area contributed by atoms with Gasteiger partial charge in [0, 0.05) is 29.6 Å². The minimum absolute atomic E-state index is 0.0949. The van der Waals surface area contributed by atoms with Gasteiger partial charge in [0.1, 0.15) is 6.04 Å². The first kappa shape index (κ1) is 25.8. The molecule has 0 bridgehead atoms. The number of carbonyl (C=O) groups is 2. The molecule has 0 saturated heterocycles. The van der Waals surface area contributed by atoms with E-state index in [1.807, 2.05) is 66.7 Å². The largest absolute Gasteiger partial charge is 0.354 e. The summed E-state index contributed by atoms with van der Waals surface area (Å²) in [5.41, 5.74) is 2.49. The summed E-state index contributed by atoms with van der Waals surface area (Å²) in [5, 5.41) is 4.11. The third kappa shape index (κ3) is 7.34. The summed E-state index contributed by atoms with van der Waals surface area (Å²) in [6.45, 7) is 2.87. The fraction of sp³-hybridized carbons (Fsp3) is 0.286. The molecule has 0 radical (unpaired) electrons. The van der Waals surface area contributed by atoms with E-state index in [9.17, 15) is 9.59 Å². The molecule has 3 rings (SSSR count). The molecule has 6 heteroatoms. The summed E-state index contributed by atoms with van der Waals surface area (Å²) in [7, 11) is 0. The van der Waals surface area contributed by atoms with E-state index >= 15 is 0 Å². The smallest absolute Gasteiger partial charge is 0.243 e. The highest BCUT2D eigenvalue weighted by Gasteiger charge is 2.31. The number of hydrogen-bond donors (Lipinski definition) is 1. The van der Waals surface area contributed by atoms with Gasteiger partial charge in [0.05, 0.1) is 6.42 Å². The van der Waals surface area contributed by atoms with Crippen LogP contribution < -0.4 is 5.32 Å². The third-order valence-electron chi connectivity index (χ3n) is 5.70. The molecular formula is C28H30Cl2N2O2. The van der Waals surface area contributed by atoms with Crippen LogP contribution in [0.3, 0.4) is 0 Å². The number of hydrogen-bond acceptors (Lipinski definition) is 2. The zero-order chi connectivity index (χ0) is 24.3. The van der Waals surface area contributed by atoms with Gasteiger partial charge in [-0.05, 0) is 35.2 Å². The van der Waals surface area contributed by atoms with Gasteiger partial charge in [-0.2, -0.15) is 0 Å². The van der Waals surface area contributed by atoms with E-state index in [4.69, 9.17) is 23.2 Å². The van der Waals surface area contributed by atoms with Gasteiger partial charge in [0.2, 0.25) is 11.8 Å². The van der Waals surface area contributed by atoms with Crippen LogP contribution in [0.15, 0.2) is 78.9 Å². The van der Waals surface area contributed by atoms with E-state index in [1.165, 1.54) is 0 Å². The van der Waals surface area contributed by atoms with Crippen LogP contribution in [0, 0.1) is 0 Å². The summed E-state index contributed by atoms with van der Waals surface area (Å²) in [4.78, 5) is 28.7. The first-order valence-electron chi connectivity index (χ1n) is 11.6. The molecule has 1 atom stereocenters. The first-order valence-corrected chi connectivity index (χ1v) is 12.3. The van der Waals surface area contributed by atoms with Crippen molar-refractivity contribution in [2.45, 2.75) is 45.2 Å². The molecule has 0 aliphatic heterocycles. The maximum absolute atomic E-state index is 13.7. The molecule has 0 heterocycles. The molecule has 0 fully saturated rings. The Bertz CT molecular complexity index is 1090. The SMILES string of the molecule is CCCCNC(=O)C(Cc1ccccc1)N(Cc1ccccc1Cl)C(=O)Cc1ccccc1Cl. The van der Waals surface area contributed by atoms with Crippen molar-refractivity contribution in [1.82, 2.24) is 10.2 Å². The summed E-state index contributed by atoms with van der Waals surface area (Å²) in [5.74, 6) is -0.351. The number of halogens is 2. The van der Waals surface area contributed by atoms with E-state index in [0.717, 1.165) is 29.5 Å². The van der Waals surface area contributed by atoms with Gasteiger partial charge in [-0.1, -0.05) is 103 Å². The lowest BCUT2D eigenvalue weighted by molar-refractivity contribution is -0.140. The Labute approximate surface area is 211 Å². The van der Waals surface area contributed by atoms with Crippen LogP contribution in [0.2, 0.25) is 10.0 Å². The molecule has 2 amide bonds. The van der Waals surface area contributed by atoms with Crippen molar-refractivity contribution < 1.29 is 9.59 Å². The van der Waals surface area contributed by atoms with Crippen molar-refractivity contribution in [3.63, 3.8) is 0 Å². The minimum atomic E-state index is -0.689. The highest BCUT2D eigenvalue weighted by atomic mass is 35.5. The van der Waals surface area contributed by atoms with Gasteiger partial charge in [-0.15, -0.1) is 0 Å². The van der Waals surface area contributed by atoms with Gasteiger partial charge in [-0.3, -0.25) is 9.59 Å². The van der Waals surface area contributed by atoms with Crippen LogP contribution in [0.25, 0.3) is 0 Å². The number of carbonyl (C=O) groups excluding carboxylic acids is 2. The van der Waals surface area contributed by atoms with E-state index in [2.05, 4.69) is 12.2 Å². The minimum Gasteiger partial charge on any atom is -0.354 e. The van der Waals surface area contributed by atoms with E-state index in [0.29, 0.717) is 23.0 Å². The zero-order valence-corrected chi connectivity index (χ0v) is 20.9. The predicted molar refractivity (Wildman–Crippen MR) is 139 cm³/mol. The second-order valence-corrected chi connectivity index (χ2v) is 9.05. The number of unbranched alkanes of at least 4 members (excludes halogenated alkanes) is 1. The zero-order valence-electron chi connectivity index (χ0n) is 19.3. The number of rotatable bonds is 11. The average Bonchev–Trinajstić information content (AvgIpc) is 2.84. The summed E-state index contributed by atoms with van der Waals surface area (Å²) >= 11 is 12.8. The Balaban J connectivity index is 1.96. The molecule has 0 aliphatic carbocycles. The van der Waals surface area contributed by atoms with Crippen molar-refractivity contribution in [3.8, 4) is 0 Å². The van der Waals surface area contributed by atoms with Gasteiger partial charge in [0.25, 0.3) is 0 Å². The van der Waals surface area contributed by atoms with Gasteiger partial charge >= 0.3 is 0 Å². The van der Waals surface area contributed by atoms with Crippen molar-refractivity contribution in [3.05, 3.63) is 106 Å². The van der Waals surface area contributed by atoms with Crippen molar-refractivity contribution >= 4 is 35.0 Å². The first-order chi connectivity index (χ1) is 16.5. The van der Waals surface area contributed by atoms with Crippen LogP contribution in [-0.2, 0) is 29.0 Å².